The topological polar surface area (TPSA) is 105 Å². The number of ether oxygens (including phenoxy) is 2. The van der Waals surface area contributed by atoms with E-state index in [0.717, 1.165) is 11.1 Å². The van der Waals surface area contributed by atoms with Gasteiger partial charge in [0.05, 0.1) is 58.9 Å². The molecule has 4 atom stereocenters. The van der Waals surface area contributed by atoms with Gasteiger partial charge in [-0.2, -0.15) is 4.31 Å². The van der Waals surface area contributed by atoms with E-state index in [1.54, 1.807) is 42.5 Å². The number of rotatable bonds is 6. The lowest BCUT2D eigenvalue weighted by Crippen LogP contribution is -2.57. The molecule has 0 bridgehead atoms. The molecule has 0 unspecified atom stereocenters. The summed E-state index contributed by atoms with van der Waals surface area (Å²) >= 11 is 12.0. The number of nitrogens with zero attached hydrogens (tertiary/aromatic N) is 1. The zero-order valence-electron chi connectivity index (χ0n) is 19.9. The molecule has 11 heteroatoms. The van der Waals surface area contributed by atoms with Crippen molar-refractivity contribution in [1.82, 2.24) is 9.62 Å². The Kier molecular flexibility index (Phi) is 8.93. The summed E-state index contributed by atoms with van der Waals surface area (Å²) < 4.78 is 40.2. The molecule has 2 heterocycles. The van der Waals surface area contributed by atoms with Crippen LogP contribution in [-0.2, 0) is 30.8 Å². The van der Waals surface area contributed by atoms with Gasteiger partial charge in [0, 0.05) is 13.1 Å². The van der Waals surface area contributed by atoms with Gasteiger partial charge in [0.2, 0.25) is 15.9 Å². The van der Waals surface area contributed by atoms with Gasteiger partial charge in [-0.25, -0.2) is 8.42 Å². The summed E-state index contributed by atoms with van der Waals surface area (Å²) in [4.78, 5) is 12.7. The SMILES string of the molecule is Cc1ccc(S(=O)(=O)N2C[C@H](O)COC[C@H]3O[C@H](CC(=O)NCc4ccc(Cl)c(Cl)c4)CC[C@@H]32)cc1. The van der Waals surface area contributed by atoms with Gasteiger partial charge >= 0.3 is 0 Å². The Hall–Kier alpha value is -1.72. The van der Waals surface area contributed by atoms with Crippen LogP contribution >= 0.6 is 23.2 Å². The number of sulfonamides is 1. The van der Waals surface area contributed by atoms with Crippen LogP contribution in [-0.4, -0.2) is 67.8 Å². The van der Waals surface area contributed by atoms with E-state index in [1.165, 1.54) is 4.31 Å². The first kappa shape index (κ1) is 27.3. The van der Waals surface area contributed by atoms with Gasteiger partial charge < -0.3 is 19.9 Å². The third kappa shape index (κ3) is 6.58. The van der Waals surface area contributed by atoms with E-state index >= 15 is 0 Å². The molecule has 0 saturated carbocycles. The maximum atomic E-state index is 13.5. The van der Waals surface area contributed by atoms with E-state index in [-0.39, 0.29) is 43.1 Å². The molecule has 36 heavy (non-hydrogen) atoms. The Morgan fingerprint density at radius 3 is 2.58 bits per heavy atom. The zero-order valence-corrected chi connectivity index (χ0v) is 22.2. The summed E-state index contributed by atoms with van der Waals surface area (Å²) in [6, 6.07) is 11.3. The van der Waals surface area contributed by atoms with Gasteiger partial charge in [-0.3, -0.25) is 4.79 Å². The molecule has 196 valence electrons. The summed E-state index contributed by atoms with van der Waals surface area (Å²) in [5.74, 6) is -0.184. The number of hydrogen-bond donors (Lipinski definition) is 2. The molecular weight excluding hydrogens is 527 g/mol. The lowest BCUT2D eigenvalue weighted by molar-refractivity contribution is -0.146. The number of aliphatic hydroxyl groups is 1. The average Bonchev–Trinajstić information content (AvgIpc) is 2.83. The fourth-order valence-corrected chi connectivity index (χ4v) is 6.58. The number of fused-ring (bicyclic) bond motifs is 1. The maximum Gasteiger partial charge on any atom is 0.243 e. The molecule has 2 saturated heterocycles. The number of halogens is 2. The van der Waals surface area contributed by atoms with Crippen molar-refractivity contribution in [3.8, 4) is 0 Å². The predicted octanol–water partition coefficient (Wildman–Crippen LogP) is 3.31. The van der Waals surface area contributed by atoms with E-state index in [9.17, 15) is 18.3 Å². The molecule has 0 aromatic heterocycles. The normalized spacial score (nSPS) is 25.4. The van der Waals surface area contributed by atoms with Crippen LogP contribution in [0, 0.1) is 6.92 Å². The van der Waals surface area contributed by atoms with E-state index in [0.29, 0.717) is 29.4 Å². The zero-order chi connectivity index (χ0) is 25.9. The highest BCUT2D eigenvalue weighted by Gasteiger charge is 2.43. The number of aryl methyl sites for hydroxylation is 1. The van der Waals surface area contributed by atoms with Crippen molar-refractivity contribution >= 4 is 39.1 Å². The molecule has 2 aliphatic heterocycles. The Bertz CT molecular complexity index is 1180. The maximum absolute atomic E-state index is 13.5. The van der Waals surface area contributed by atoms with Crippen LogP contribution in [0.2, 0.25) is 10.0 Å². The summed E-state index contributed by atoms with van der Waals surface area (Å²) in [5.41, 5.74) is 1.78. The quantitative estimate of drug-likeness (QED) is 0.565. The van der Waals surface area contributed by atoms with Crippen LogP contribution in [0.3, 0.4) is 0 Å². The minimum Gasteiger partial charge on any atom is -0.389 e. The molecule has 2 aliphatic rings. The number of aliphatic hydroxyl groups excluding tert-OH is 1. The number of carbonyl (C=O) groups excluding carboxylic acids is 1. The second-order valence-electron chi connectivity index (χ2n) is 9.25. The summed E-state index contributed by atoms with van der Waals surface area (Å²) in [6.45, 7) is 2.23. The number of benzene rings is 2. The number of nitrogens with one attached hydrogen (secondary N) is 1. The van der Waals surface area contributed by atoms with E-state index in [4.69, 9.17) is 32.7 Å². The smallest absolute Gasteiger partial charge is 0.243 e. The lowest BCUT2D eigenvalue weighted by Gasteiger charge is -2.43. The number of carbonyl (C=O) groups is 1. The molecule has 2 aromatic carbocycles. The number of amides is 1. The fraction of sp³-hybridized carbons (Fsp3) is 0.480. The molecule has 0 spiro atoms. The molecule has 1 amide bonds. The summed E-state index contributed by atoms with van der Waals surface area (Å²) in [5, 5.41) is 14.1. The Labute approximate surface area is 221 Å². The van der Waals surface area contributed by atoms with Crippen molar-refractivity contribution in [2.75, 3.05) is 19.8 Å². The molecule has 0 aliphatic carbocycles. The molecule has 2 aromatic rings. The molecule has 0 radical (unpaired) electrons. The van der Waals surface area contributed by atoms with Crippen LogP contribution in [0.1, 0.15) is 30.4 Å². The van der Waals surface area contributed by atoms with Crippen molar-refractivity contribution in [3.63, 3.8) is 0 Å². The highest BCUT2D eigenvalue weighted by Crippen LogP contribution is 2.31. The standard InChI is InChI=1S/C25H30Cl2N2O6S/c1-16-2-6-20(7-3-16)36(32,33)29-13-18(30)14-34-15-24-23(29)9-5-19(35-24)11-25(31)28-12-17-4-8-21(26)22(27)10-17/h2-4,6-8,10,18-19,23-24,30H,5,9,11-15H2,1H3,(H,28,31)/t18-,19-,23-,24+/m0/s1. The minimum atomic E-state index is -3.87. The van der Waals surface area contributed by atoms with E-state index in [2.05, 4.69) is 5.32 Å². The molecule has 8 nitrogen and oxygen atoms in total. The summed E-state index contributed by atoms with van der Waals surface area (Å²) in [6.07, 6.45) is -0.765. The monoisotopic (exact) mass is 556 g/mol. The highest BCUT2D eigenvalue weighted by molar-refractivity contribution is 7.89. The van der Waals surface area contributed by atoms with E-state index in [1.807, 2.05) is 6.92 Å². The van der Waals surface area contributed by atoms with Crippen molar-refractivity contribution < 1.29 is 27.8 Å². The van der Waals surface area contributed by atoms with Crippen molar-refractivity contribution in [1.29, 1.82) is 0 Å². The first-order valence-corrected chi connectivity index (χ1v) is 14.0. The number of β-amino-alcohol motifs (C(OH)–C–C–N with tert-alkyl or cyclic N) is 1. The Morgan fingerprint density at radius 1 is 1.11 bits per heavy atom. The number of hydrogen-bond acceptors (Lipinski definition) is 6. The van der Waals surface area contributed by atoms with Gasteiger partial charge in [0.25, 0.3) is 0 Å². The second kappa shape index (κ2) is 11.8. The highest BCUT2D eigenvalue weighted by atomic mass is 35.5. The third-order valence-corrected chi connectivity index (χ3v) is 9.09. The van der Waals surface area contributed by atoms with Gasteiger partial charge in [-0.05, 0) is 49.6 Å². The van der Waals surface area contributed by atoms with Gasteiger partial charge in [0.1, 0.15) is 0 Å². The second-order valence-corrected chi connectivity index (χ2v) is 12.0. The average molecular weight is 557 g/mol. The van der Waals surface area contributed by atoms with Crippen LogP contribution in [0.15, 0.2) is 47.4 Å². The molecule has 2 N–H and O–H groups in total. The molecular formula is C25H30Cl2N2O6S. The first-order valence-electron chi connectivity index (χ1n) is 11.8. The van der Waals surface area contributed by atoms with Gasteiger partial charge in [0.15, 0.2) is 0 Å². The fourth-order valence-electron chi connectivity index (χ4n) is 4.55. The van der Waals surface area contributed by atoms with Crippen molar-refractivity contribution in [2.24, 2.45) is 0 Å². The third-order valence-electron chi connectivity index (χ3n) is 6.45. The Morgan fingerprint density at radius 2 is 1.86 bits per heavy atom. The van der Waals surface area contributed by atoms with Crippen molar-refractivity contribution in [2.45, 2.75) is 62.0 Å². The van der Waals surface area contributed by atoms with Crippen molar-refractivity contribution in [3.05, 3.63) is 63.6 Å². The van der Waals surface area contributed by atoms with Crippen LogP contribution in [0.4, 0.5) is 0 Å². The summed E-state index contributed by atoms with van der Waals surface area (Å²) in [7, 11) is -3.87. The predicted molar refractivity (Wildman–Crippen MR) is 137 cm³/mol. The first-order chi connectivity index (χ1) is 17.1. The van der Waals surface area contributed by atoms with Gasteiger partial charge in [-0.1, -0.05) is 47.0 Å². The van der Waals surface area contributed by atoms with Crippen LogP contribution in [0.5, 0.6) is 0 Å². The van der Waals surface area contributed by atoms with E-state index < -0.39 is 28.3 Å². The Balaban J connectivity index is 1.42. The lowest BCUT2D eigenvalue weighted by atomic mass is 9.96. The molecule has 4 rings (SSSR count). The molecule has 2 fully saturated rings. The van der Waals surface area contributed by atoms with Gasteiger partial charge in [-0.15, -0.1) is 0 Å². The minimum absolute atomic E-state index is 0.00129. The van der Waals surface area contributed by atoms with Crippen LogP contribution in [0.25, 0.3) is 0 Å². The largest absolute Gasteiger partial charge is 0.389 e. The van der Waals surface area contributed by atoms with Crippen LogP contribution < -0.4 is 5.32 Å².